The molecule has 3 aromatic rings. The summed E-state index contributed by atoms with van der Waals surface area (Å²) < 4.78 is 13.4. The van der Waals surface area contributed by atoms with Crippen molar-refractivity contribution < 1.29 is 4.39 Å². The average Bonchev–Trinajstić information content (AvgIpc) is 2.90. The molecular formula is C18H19FN2. The van der Waals surface area contributed by atoms with Crippen LogP contribution in [0.15, 0.2) is 42.5 Å². The third kappa shape index (κ3) is 2.77. The van der Waals surface area contributed by atoms with Gasteiger partial charge in [-0.2, -0.15) is 0 Å². The first-order valence-corrected chi connectivity index (χ1v) is 7.34. The molecule has 0 radical (unpaired) electrons. The molecule has 3 heteroatoms. The molecule has 0 fully saturated rings. The number of aromatic nitrogens is 1. The Bertz CT molecular complexity index is 774. The summed E-state index contributed by atoms with van der Waals surface area (Å²) in [5, 5.41) is 1.08. The van der Waals surface area contributed by atoms with Crippen molar-refractivity contribution >= 4 is 16.6 Å². The number of unbranched alkanes of at least 4 members (excludes halogenated alkanes) is 1. The molecule has 0 saturated carbocycles. The van der Waals surface area contributed by atoms with E-state index in [9.17, 15) is 4.39 Å². The molecule has 0 aliphatic carbocycles. The Labute approximate surface area is 123 Å². The van der Waals surface area contributed by atoms with Gasteiger partial charge in [-0.25, -0.2) is 4.39 Å². The number of fused-ring (bicyclic) bond motifs is 1. The van der Waals surface area contributed by atoms with Crippen LogP contribution in [0.4, 0.5) is 10.1 Å². The van der Waals surface area contributed by atoms with E-state index in [1.807, 2.05) is 18.2 Å². The molecule has 2 aromatic carbocycles. The summed E-state index contributed by atoms with van der Waals surface area (Å²) in [7, 11) is 0. The Kier molecular flexibility index (Phi) is 3.65. The third-order valence-electron chi connectivity index (χ3n) is 3.77. The normalized spacial score (nSPS) is 11.1. The Balaban J connectivity index is 2.05. The van der Waals surface area contributed by atoms with Gasteiger partial charge in [0.25, 0.3) is 0 Å². The number of hydrogen-bond acceptors (Lipinski definition) is 1. The Morgan fingerprint density at radius 1 is 1.14 bits per heavy atom. The van der Waals surface area contributed by atoms with Crippen molar-refractivity contribution in [1.29, 1.82) is 0 Å². The van der Waals surface area contributed by atoms with Gasteiger partial charge in [0, 0.05) is 16.6 Å². The van der Waals surface area contributed by atoms with Crippen LogP contribution in [0.2, 0.25) is 0 Å². The van der Waals surface area contributed by atoms with Crippen LogP contribution in [-0.2, 0) is 6.42 Å². The number of nitrogens with two attached hydrogens (primary N) is 1. The summed E-state index contributed by atoms with van der Waals surface area (Å²) >= 11 is 0. The number of aromatic amines is 1. The number of halogens is 1. The first-order valence-electron chi connectivity index (χ1n) is 7.34. The molecule has 3 N–H and O–H groups in total. The van der Waals surface area contributed by atoms with Crippen LogP contribution in [0.25, 0.3) is 22.2 Å². The van der Waals surface area contributed by atoms with E-state index in [1.54, 1.807) is 6.07 Å². The monoisotopic (exact) mass is 282 g/mol. The Hall–Kier alpha value is -2.29. The van der Waals surface area contributed by atoms with Gasteiger partial charge in [0.15, 0.2) is 0 Å². The molecule has 0 saturated heterocycles. The summed E-state index contributed by atoms with van der Waals surface area (Å²) in [5.74, 6) is -0.234. The first-order chi connectivity index (χ1) is 10.2. The molecule has 1 aromatic heterocycles. The van der Waals surface area contributed by atoms with Gasteiger partial charge in [-0.15, -0.1) is 0 Å². The van der Waals surface area contributed by atoms with E-state index in [1.165, 1.54) is 24.1 Å². The number of hydrogen-bond donors (Lipinski definition) is 2. The Morgan fingerprint density at radius 3 is 2.76 bits per heavy atom. The van der Waals surface area contributed by atoms with Gasteiger partial charge in [-0.1, -0.05) is 25.5 Å². The highest BCUT2D eigenvalue weighted by Crippen LogP contribution is 2.29. The lowest BCUT2D eigenvalue weighted by Gasteiger charge is -2.03. The summed E-state index contributed by atoms with van der Waals surface area (Å²) in [4.78, 5) is 3.30. The summed E-state index contributed by atoms with van der Waals surface area (Å²) in [6.45, 7) is 2.18. The summed E-state index contributed by atoms with van der Waals surface area (Å²) in [6.07, 6.45) is 3.36. The van der Waals surface area contributed by atoms with E-state index in [0.29, 0.717) is 0 Å². The minimum absolute atomic E-state index is 0.234. The van der Waals surface area contributed by atoms with Crippen molar-refractivity contribution in [3.05, 3.63) is 53.8 Å². The molecule has 1 heterocycles. The zero-order valence-corrected chi connectivity index (χ0v) is 12.1. The number of rotatable bonds is 4. The van der Waals surface area contributed by atoms with Gasteiger partial charge in [-0.05, 0) is 48.7 Å². The largest absolute Gasteiger partial charge is 0.397 e. The number of nitrogens with one attached hydrogen (secondary N) is 1. The zero-order chi connectivity index (χ0) is 14.8. The van der Waals surface area contributed by atoms with E-state index in [4.69, 9.17) is 5.73 Å². The number of aryl methyl sites for hydroxylation is 1. The molecule has 3 rings (SSSR count). The second-order valence-corrected chi connectivity index (χ2v) is 5.45. The fourth-order valence-electron chi connectivity index (χ4n) is 2.67. The zero-order valence-electron chi connectivity index (χ0n) is 12.1. The van der Waals surface area contributed by atoms with Crippen molar-refractivity contribution in [1.82, 2.24) is 4.98 Å². The standard InChI is InChI=1S/C18H19FN2/c1-2-3-5-12-8-14-11-17(21-18(14)16(20)9-12)13-6-4-7-15(19)10-13/h4,6-11,21H,2-3,5,20H2,1H3. The first kappa shape index (κ1) is 13.7. The topological polar surface area (TPSA) is 41.8 Å². The summed E-state index contributed by atoms with van der Waals surface area (Å²) in [6, 6.07) is 12.8. The maximum atomic E-state index is 13.4. The molecule has 0 aliphatic heterocycles. The molecule has 0 aliphatic rings. The fourth-order valence-corrected chi connectivity index (χ4v) is 2.67. The number of anilines is 1. The highest BCUT2D eigenvalue weighted by molar-refractivity contribution is 5.94. The molecular weight excluding hydrogens is 263 g/mol. The van der Waals surface area contributed by atoms with Crippen molar-refractivity contribution in [2.45, 2.75) is 26.2 Å². The van der Waals surface area contributed by atoms with E-state index >= 15 is 0 Å². The fraction of sp³-hybridized carbons (Fsp3) is 0.222. The van der Waals surface area contributed by atoms with Crippen molar-refractivity contribution in [3.8, 4) is 11.3 Å². The number of nitrogen functional groups attached to an aromatic ring is 1. The molecule has 108 valence electrons. The molecule has 0 spiro atoms. The second kappa shape index (κ2) is 5.60. The van der Waals surface area contributed by atoms with E-state index in [0.717, 1.165) is 40.7 Å². The molecule has 0 unspecified atom stereocenters. The molecule has 2 nitrogen and oxygen atoms in total. The minimum atomic E-state index is -0.234. The van der Waals surface area contributed by atoms with Gasteiger partial charge in [-0.3, -0.25) is 0 Å². The minimum Gasteiger partial charge on any atom is -0.397 e. The smallest absolute Gasteiger partial charge is 0.123 e. The lowest BCUT2D eigenvalue weighted by atomic mass is 10.1. The van der Waals surface area contributed by atoms with Crippen molar-refractivity contribution in [2.75, 3.05) is 5.73 Å². The quantitative estimate of drug-likeness (QED) is 0.657. The third-order valence-corrected chi connectivity index (χ3v) is 3.77. The van der Waals surface area contributed by atoms with E-state index in [2.05, 4.69) is 18.0 Å². The van der Waals surface area contributed by atoms with E-state index in [-0.39, 0.29) is 5.82 Å². The van der Waals surface area contributed by atoms with Crippen molar-refractivity contribution in [2.24, 2.45) is 0 Å². The highest BCUT2D eigenvalue weighted by Gasteiger charge is 2.08. The van der Waals surface area contributed by atoms with Gasteiger partial charge in [0.1, 0.15) is 5.82 Å². The van der Waals surface area contributed by atoms with Crippen LogP contribution in [0.5, 0.6) is 0 Å². The maximum absolute atomic E-state index is 13.4. The van der Waals surface area contributed by atoms with Gasteiger partial charge >= 0.3 is 0 Å². The molecule has 0 bridgehead atoms. The predicted octanol–water partition coefficient (Wildman–Crippen LogP) is 4.90. The van der Waals surface area contributed by atoms with Crippen LogP contribution < -0.4 is 5.73 Å². The number of benzene rings is 2. The number of H-pyrrole nitrogens is 1. The summed E-state index contributed by atoms with van der Waals surface area (Å²) in [5.41, 5.74) is 10.8. The van der Waals surface area contributed by atoms with Crippen molar-refractivity contribution in [3.63, 3.8) is 0 Å². The predicted molar refractivity (Wildman–Crippen MR) is 86.7 cm³/mol. The lowest BCUT2D eigenvalue weighted by Crippen LogP contribution is -1.91. The lowest BCUT2D eigenvalue weighted by molar-refractivity contribution is 0.628. The van der Waals surface area contributed by atoms with Gasteiger partial charge < -0.3 is 10.7 Å². The van der Waals surface area contributed by atoms with E-state index < -0.39 is 0 Å². The highest BCUT2D eigenvalue weighted by atomic mass is 19.1. The average molecular weight is 282 g/mol. The molecule has 0 amide bonds. The second-order valence-electron chi connectivity index (χ2n) is 5.45. The van der Waals surface area contributed by atoms with Crippen LogP contribution in [0.3, 0.4) is 0 Å². The van der Waals surface area contributed by atoms with Crippen LogP contribution in [-0.4, -0.2) is 4.98 Å². The van der Waals surface area contributed by atoms with Gasteiger partial charge in [0.2, 0.25) is 0 Å². The Morgan fingerprint density at radius 2 is 2.00 bits per heavy atom. The maximum Gasteiger partial charge on any atom is 0.123 e. The molecule has 0 atom stereocenters. The van der Waals surface area contributed by atoms with Crippen LogP contribution in [0.1, 0.15) is 25.3 Å². The van der Waals surface area contributed by atoms with Crippen LogP contribution in [0, 0.1) is 5.82 Å². The SMILES string of the molecule is CCCCc1cc(N)c2[nH]c(-c3cccc(F)c3)cc2c1. The van der Waals surface area contributed by atoms with Crippen LogP contribution >= 0.6 is 0 Å². The molecule has 21 heavy (non-hydrogen) atoms. The van der Waals surface area contributed by atoms with Gasteiger partial charge in [0.05, 0.1) is 11.2 Å².